The van der Waals surface area contributed by atoms with Gasteiger partial charge in [-0.25, -0.2) is 0 Å². The lowest BCUT2D eigenvalue weighted by molar-refractivity contribution is -0.158. The van der Waals surface area contributed by atoms with Gasteiger partial charge >= 0.3 is 5.97 Å². The van der Waals surface area contributed by atoms with Crippen molar-refractivity contribution in [3.05, 3.63) is 35.9 Å². The van der Waals surface area contributed by atoms with E-state index >= 15 is 0 Å². The number of nitrogens with zero attached hydrogens (tertiary/aromatic N) is 1. The number of esters is 1. The number of carbonyl (C=O) groups is 2. The normalized spacial score (nSPS) is 24.4. The highest BCUT2D eigenvalue weighted by Crippen LogP contribution is 2.43. The second kappa shape index (κ2) is 8.48. The van der Waals surface area contributed by atoms with Crippen LogP contribution in [0.5, 0.6) is 0 Å². The predicted molar refractivity (Wildman–Crippen MR) is 95.7 cm³/mol. The third-order valence-corrected chi connectivity index (χ3v) is 5.21. The van der Waals surface area contributed by atoms with Gasteiger partial charge in [-0.15, -0.1) is 0 Å². The van der Waals surface area contributed by atoms with E-state index in [1.807, 2.05) is 44.2 Å². The third kappa shape index (κ3) is 4.03. The van der Waals surface area contributed by atoms with E-state index in [9.17, 15) is 14.7 Å². The molecule has 0 bridgehead atoms. The van der Waals surface area contributed by atoms with Gasteiger partial charge in [-0.1, -0.05) is 43.7 Å². The van der Waals surface area contributed by atoms with Gasteiger partial charge in [-0.3, -0.25) is 9.59 Å². The van der Waals surface area contributed by atoms with Crippen LogP contribution in [0.25, 0.3) is 0 Å². The van der Waals surface area contributed by atoms with Crippen LogP contribution in [-0.2, 0) is 14.3 Å². The van der Waals surface area contributed by atoms with E-state index in [4.69, 9.17) is 4.74 Å². The summed E-state index contributed by atoms with van der Waals surface area (Å²) in [4.78, 5) is 27.4. The Bertz CT molecular complexity index is 589. The van der Waals surface area contributed by atoms with E-state index in [1.54, 1.807) is 11.8 Å². The molecule has 1 fully saturated rings. The summed E-state index contributed by atoms with van der Waals surface area (Å²) in [5.74, 6) is -0.964. The van der Waals surface area contributed by atoms with Crippen LogP contribution in [0.1, 0.15) is 51.6 Å². The largest absolute Gasteiger partial charge is 0.465 e. The van der Waals surface area contributed by atoms with Crippen molar-refractivity contribution in [1.82, 2.24) is 4.90 Å². The minimum Gasteiger partial charge on any atom is -0.465 e. The molecule has 3 atom stereocenters. The highest BCUT2D eigenvalue weighted by Gasteiger charge is 2.55. The van der Waals surface area contributed by atoms with Crippen LogP contribution >= 0.6 is 0 Å². The molecular formula is C20H29NO4. The molecule has 1 amide bonds. The summed E-state index contributed by atoms with van der Waals surface area (Å²) in [7, 11) is 0. The summed E-state index contributed by atoms with van der Waals surface area (Å²) in [6.07, 6.45) is 2.03. The molecule has 0 aromatic heterocycles. The lowest BCUT2D eigenvalue weighted by atomic mass is 9.78. The van der Waals surface area contributed by atoms with Gasteiger partial charge in [0.15, 0.2) is 0 Å². The quantitative estimate of drug-likeness (QED) is 0.580. The summed E-state index contributed by atoms with van der Waals surface area (Å²) >= 11 is 0. The van der Waals surface area contributed by atoms with Gasteiger partial charge in [0.25, 0.3) is 0 Å². The Balaban J connectivity index is 2.22. The minimum atomic E-state index is -0.920. The highest BCUT2D eigenvalue weighted by atomic mass is 16.5. The number of hydrogen-bond donors (Lipinski definition) is 1. The van der Waals surface area contributed by atoms with Crippen molar-refractivity contribution in [2.75, 3.05) is 19.8 Å². The average molecular weight is 347 g/mol. The van der Waals surface area contributed by atoms with Crippen LogP contribution in [-0.4, -0.2) is 41.6 Å². The van der Waals surface area contributed by atoms with Crippen molar-refractivity contribution in [2.45, 2.75) is 46.1 Å². The first-order valence-corrected chi connectivity index (χ1v) is 9.09. The number of ether oxygens (including phenoxy) is 1. The maximum atomic E-state index is 13.0. The molecule has 0 aliphatic carbocycles. The first kappa shape index (κ1) is 19.4. The average Bonchev–Trinajstić information content (AvgIpc) is 2.88. The van der Waals surface area contributed by atoms with Gasteiger partial charge in [0, 0.05) is 13.2 Å². The molecule has 138 valence electrons. The van der Waals surface area contributed by atoms with Crippen molar-refractivity contribution in [1.29, 1.82) is 0 Å². The van der Waals surface area contributed by atoms with Crippen LogP contribution in [0.4, 0.5) is 0 Å². The molecule has 1 unspecified atom stereocenters. The molecule has 1 N–H and O–H groups in total. The fourth-order valence-corrected chi connectivity index (χ4v) is 3.51. The van der Waals surface area contributed by atoms with E-state index in [1.165, 1.54) is 0 Å². The molecule has 2 rings (SSSR count). The lowest BCUT2D eigenvalue weighted by Gasteiger charge is -2.28. The molecule has 25 heavy (non-hydrogen) atoms. The number of carbonyl (C=O) groups excluding carboxylic acids is 2. The lowest BCUT2D eigenvalue weighted by Crippen LogP contribution is -2.38. The SMILES string of the molecule is CCCCOC(=O)[C@]1(C)CN([C@H](C)c2ccccc2)C(=O)C1CCO. The number of hydrogen-bond acceptors (Lipinski definition) is 4. The monoisotopic (exact) mass is 347 g/mol. The smallest absolute Gasteiger partial charge is 0.314 e. The fraction of sp³-hybridized carbons (Fsp3) is 0.600. The molecule has 1 saturated heterocycles. The van der Waals surface area contributed by atoms with Gasteiger partial charge in [0.2, 0.25) is 5.91 Å². The zero-order valence-corrected chi connectivity index (χ0v) is 15.4. The van der Waals surface area contributed by atoms with E-state index in [0.29, 0.717) is 13.2 Å². The number of amides is 1. The van der Waals surface area contributed by atoms with Crippen molar-refractivity contribution in [3.63, 3.8) is 0 Å². The Labute approximate surface area is 150 Å². The number of benzene rings is 1. The van der Waals surface area contributed by atoms with Crippen molar-refractivity contribution in [3.8, 4) is 0 Å². The Kier molecular flexibility index (Phi) is 6.59. The zero-order valence-electron chi connectivity index (χ0n) is 15.4. The van der Waals surface area contributed by atoms with Gasteiger partial charge in [0.05, 0.1) is 24.0 Å². The molecular weight excluding hydrogens is 318 g/mol. The number of rotatable bonds is 8. The predicted octanol–water partition coefficient (Wildman–Crippen LogP) is 2.94. The molecule has 0 saturated carbocycles. The third-order valence-electron chi connectivity index (χ3n) is 5.21. The minimum absolute atomic E-state index is 0.0830. The number of aliphatic hydroxyl groups is 1. The molecule has 5 nitrogen and oxygen atoms in total. The Hall–Kier alpha value is -1.88. The van der Waals surface area contributed by atoms with Crippen molar-refractivity contribution in [2.24, 2.45) is 11.3 Å². The first-order chi connectivity index (χ1) is 12.0. The van der Waals surface area contributed by atoms with Crippen LogP contribution < -0.4 is 0 Å². The Morgan fingerprint density at radius 3 is 2.68 bits per heavy atom. The molecule has 1 aromatic carbocycles. The standard InChI is InChI=1S/C20H29NO4/c1-4-5-13-25-19(24)20(3)14-21(18(23)17(20)11-12-22)15(2)16-9-7-6-8-10-16/h6-10,15,17,22H,4-5,11-14H2,1-3H3/t15-,17?,20-/m1/s1. The number of aliphatic hydroxyl groups excluding tert-OH is 1. The van der Waals surface area contributed by atoms with Gasteiger partial charge < -0.3 is 14.7 Å². The fourth-order valence-electron chi connectivity index (χ4n) is 3.51. The first-order valence-electron chi connectivity index (χ1n) is 9.09. The van der Waals surface area contributed by atoms with E-state index in [2.05, 4.69) is 0 Å². The molecule has 1 heterocycles. The van der Waals surface area contributed by atoms with Gasteiger partial charge in [-0.2, -0.15) is 0 Å². The van der Waals surface area contributed by atoms with E-state index < -0.39 is 11.3 Å². The summed E-state index contributed by atoms with van der Waals surface area (Å²) in [6.45, 7) is 6.36. The molecule has 1 aliphatic rings. The Morgan fingerprint density at radius 1 is 1.40 bits per heavy atom. The van der Waals surface area contributed by atoms with Crippen LogP contribution in [0.3, 0.4) is 0 Å². The summed E-state index contributed by atoms with van der Waals surface area (Å²) in [5, 5.41) is 9.39. The van der Waals surface area contributed by atoms with E-state index in [-0.39, 0.29) is 30.9 Å². The van der Waals surface area contributed by atoms with Crippen LogP contribution in [0, 0.1) is 11.3 Å². The maximum absolute atomic E-state index is 13.0. The Morgan fingerprint density at radius 2 is 2.08 bits per heavy atom. The topological polar surface area (TPSA) is 66.8 Å². The van der Waals surface area contributed by atoms with E-state index in [0.717, 1.165) is 18.4 Å². The second-order valence-corrected chi connectivity index (χ2v) is 7.02. The van der Waals surface area contributed by atoms with Crippen molar-refractivity contribution < 1.29 is 19.4 Å². The number of unbranched alkanes of at least 4 members (excludes halogenated alkanes) is 1. The molecule has 1 aliphatic heterocycles. The molecule has 5 heteroatoms. The summed E-state index contributed by atoms with van der Waals surface area (Å²) in [6, 6.07) is 9.65. The van der Waals surface area contributed by atoms with Crippen LogP contribution in [0.2, 0.25) is 0 Å². The molecule has 0 radical (unpaired) electrons. The highest BCUT2D eigenvalue weighted by molar-refractivity contribution is 5.92. The second-order valence-electron chi connectivity index (χ2n) is 7.02. The number of likely N-dealkylation sites (tertiary alicyclic amines) is 1. The summed E-state index contributed by atoms with van der Waals surface area (Å²) < 4.78 is 5.43. The maximum Gasteiger partial charge on any atom is 0.314 e. The van der Waals surface area contributed by atoms with Gasteiger partial charge in [-0.05, 0) is 32.3 Å². The molecule has 1 aromatic rings. The summed E-state index contributed by atoms with van der Waals surface area (Å²) in [5.41, 5.74) is 0.110. The van der Waals surface area contributed by atoms with Crippen molar-refractivity contribution >= 4 is 11.9 Å². The van der Waals surface area contributed by atoms with Crippen LogP contribution in [0.15, 0.2) is 30.3 Å². The zero-order chi connectivity index (χ0) is 18.4. The molecule has 0 spiro atoms. The van der Waals surface area contributed by atoms with Gasteiger partial charge in [0.1, 0.15) is 0 Å².